The van der Waals surface area contributed by atoms with E-state index in [1.165, 1.54) is 24.2 Å². The number of hydrogen-bond donors (Lipinski definition) is 1. The molecule has 0 amide bonds. The van der Waals surface area contributed by atoms with Crippen LogP contribution in [0.15, 0.2) is 12.4 Å². The fourth-order valence-corrected chi connectivity index (χ4v) is 1.15. The van der Waals surface area contributed by atoms with E-state index < -0.39 is 11.9 Å². The van der Waals surface area contributed by atoms with Gasteiger partial charge in [0.1, 0.15) is 0 Å². The SMILES string of the molecule is COC(=O)c1cnn([C@H](C)CC(=O)O)c1. The van der Waals surface area contributed by atoms with Gasteiger partial charge in [0, 0.05) is 6.20 Å². The minimum Gasteiger partial charge on any atom is -0.481 e. The van der Waals surface area contributed by atoms with E-state index in [1.807, 2.05) is 0 Å². The van der Waals surface area contributed by atoms with Gasteiger partial charge in [0.05, 0.1) is 31.3 Å². The van der Waals surface area contributed by atoms with Crippen LogP contribution >= 0.6 is 0 Å². The number of aliphatic carboxylic acids is 1. The molecule has 6 nitrogen and oxygen atoms in total. The first kappa shape index (κ1) is 11.2. The van der Waals surface area contributed by atoms with Gasteiger partial charge in [-0.3, -0.25) is 9.48 Å². The number of carboxylic acids is 1. The average molecular weight is 212 g/mol. The molecule has 1 N–H and O–H groups in total. The lowest BCUT2D eigenvalue weighted by molar-refractivity contribution is -0.137. The van der Waals surface area contributed by atoms with E-state index in [0.29, 0.717) is 5.56 Å². The molecular weight excluding hydrogens is 200 g/mol. The lowest BCUT2D eigenvalue weighted by atomic mass is 10.2. The predicted octanol–water partition coefficient (Wildman–Crippen LogP) is 0.705. The van der Waals surface area contributed by atoms with Crippen LogP contribution in [-0.4, -0.2) is 33.9 Å². The van der Waals surface area contributed by atoms with Gasteiger partial charge in [-0.2, -0.15) is 5.10 Å². The number of hydrogen-bond acceptors (Lipinski definition) is 4. The molecular formula is C9H12N2O4. The molecule has 0 aliphatic carbocycles. The highest BCUT2D eigenvalue weighted by atomic mass is 16.5. The topological polar surface area (TPSA) is 81.4 Å². The molecule has 0 aliphatic heterocycles. The number of aromatic nitrogens is 2. The molecule has 0 bridgehead atoms. The van der Waals surface area contributed by atoms with Crippen LogP contribution in [0.2, 0.25) is 0 Å². The molecule has 1 aromatic heterocycles. The van der Waals surface area contributed by atoms with Gasteiger partial charge in [-0.05, 0) is 6.92 Å². The Hall–Kier alpha value is -1.85. The van der Waals surface area contributed by atoms with Crippen LogP contribution < -0.4 is 0 Å². The van der Waals surface area contributed by atoms with Gasteiger partial charge in [-0.15, -0.1) is 0 Å². The van der Waals surface area contributed by atoms with Crippen molar-refractivity contribution in [2.24, 2.45) is 0 Å². The van der Waals surface area contributed by atoms with Gasteiger partial charge in [0.2, 0.25) is 0 Å². The summed E-state index contributed by atoms with van der Waals surface area (Å²) in [6.45, 7) is 1.71. The third kappa shape index (κ3) is 2.80. The van der Waals surface area contributed by atoms with Crippen molar-refractivity contribution in [1.29, 1.82) is 0 Å². The molecule has 0 saturated carbocycles. The van der Waals surface area contributed by atoms with Crippen LogP contribution in [0.4, 0.5) is 0 Å². The van der Waals surface area contributed by atoms with Crippen molar-refractivity contribution in [3.63, 3.8) is 0 Å². The monoisotopic (exact) mass is 212 g/mol. The Morgan fingerprint density at radius 3 is 2.87 bits per heavy atom. The minimum atomic E-state index is -0.905. The van der Waals surface area contributed by atoms with Crippen LogP contribution in [0.25, 0.3) is 0 Å². The zero-order valence-electron chi connectivity index (χ0n) is 8.51. The Balaban J connectivity index is 2.75. The molecule has 82 valence electrons. The quantitative estimate of drug-likeness (QED) is 0.743. The Morgan fingerprint density at radius 1 is 1.67 bits per heavy atom. The van der Waals surface area contributed by atoms with E-state index in [-0.39, 0.29) is 12.5 Å². The molecule has 1 rings (SSSR count). The first-order valence-corrected chi connectivity index (χ1v) is 4.39. The fourth-order valence-electron chi connectivity index (χ4n) is 1.15. The van der Waals surface area contributed by atoms with Crippen molar-refractivity contribution in [2.45, 2.75) is 19.4 Å². The lowest BCUT2D eigenvalue weighted by Gasteiger charge is -2.08. The minimum absolute atomic E-state index is 0.0394. The maximum absolute atomic E-state index is 11.1. The van der Waals surface area contributed by atoms with Crippen LogP contribution in [0.1, 0.15) is 29.7 Å². The summed E-state index contributed by atoms with van der Waals surface area (Å²) >= 11 is 0. The number of methoxy groups -OCH3 is 1. The molecule has 15 heavy (non-hydrogen) atoms. The van der Waals surface area contributed by atoms with Gasteiger partial charge in [0.25, 0.3) is 0 Å². The molecule has 0 radical (unpaired) electrons. The van der Waals surface area contributed by atoms with Crippen molar-refractivity contribution in [3.8, 4) is 0 Å². The number of nitrogens with zero attached hydrogens (tertiary/aromatic N) is 2. The summed E-state index contributed by atoms with van der Waals surface area (Å²) in [5.74, 6) is -1.39. The van der Waals surface area contributed by atoms with E-state index in [0.717, 1.165) is 0 Å². The fraction of sp³-hybridized carbons (Fsp3) is 0.444. The molecule has 0 fully saturated rings. The number of rotatable bonds is 4. The van der Waals surface area contributed by atoms with Crippen LogP contribution in [0.3, 0.4) is 0 Å². The second kappa shape index (κ2) is 4.59. The summed E-state index contributed by atoms with van der Waals surface area (Å²) in [7, 11) is 1.28. The molecule has 0 spiro atoms. The predicted molar refractivity (Wildman–Crippen MR) is 50.5 cm³/mol. The van der Waals surface area contributed by atoms with Crippen molar-refractivity contribution < 1.29 is 19.4 Å². The van der Waals surface area contributed by atoms with Crippen molar-refractivity contribution in [3.05, 3.63) is 18.0 Å². The highest BCUT2D eigenvalue weighted by molar-refractivity contribution is 5.88. The van der Waals surface area contributed by atoms with E-state index >= 15 is 0 Å². The third-order valence-corrected chi connectivity index (χ3v) is 1.94. The second-order valence-corrected chi connectivity index (χ2v) is 3.15. The van der Waals surface area contributed by atoms with Gasteiger partial charge in [-0.25, -0.2) is 4.79 Å². The first-order valence-electron chi connectivity index (χ1n) is 4.39. The van der Waals surface area contributed by atoms with Gasteiger partial charge in [0.15, 0.2) is 0 Å². The van der Waals surface area contributed by atoms with Gasteiger partial charge >= 0.3 is 11.9 Å². The summed E-state index contributed by atoms with van der Waals surface area (Å²) in [6.07, 6.45) is 2.78. The highest BCUT2D eigenvalue weighted by Gasteiger charge is 2.13. The van der Waals surface area contributed by atoms with Gasteiger partial charge < -0.3 is 9.84 Å². The Morgan fingerprint density at radius 2 is 2.33 bits per heavy atom. The zero-order chi connectivity index (χ0) is 11.4. The van der Waals surface area contributed by atoms with Crippen LogP contribution in [0, 0.1) is 0 Å². The molecule has 1 atom stereocenters. The van der Waals surface area contributed by atoms with Gasteiger partial charge in [-0.1, -0.05) is 0 Å². The summed E-state index contributed by atoms with van der Waals surface area (Å²) in [5.41, 5.74) is 0.315. The first-order chi connectivity index (χ1) is 7.04. The highest BCUT2D eigenvalue weighted by Crippen LogP contribution is 2.11. The number of esters is 1. The standard InChI is InChI=1S/C9H12N2O4/c1-6(3-8(12)13)11-5-7(4-10-11)9(14)15-2/h4-6H,3H2,1-2H3,(H,12,13)/t6-/m1/s1. The molecule has 0 aliphatic rings. The van der Waals surface area contributed by atoms with E-state index in [9.17, 15) is 9.59 Å². The van der Waals surface area contributed by atoms with Crippen LogP contribution in [-0.2, 0) is 9.53 Å². The molecule has 0 aromatic carbocycles. The Kier molecular flexibility index (Phi) is 3.43. The molecule has 1 heterocycles. The third-order valence-electron chi connectivity index (χ3n) is 1.94. The molecule has 1 aromatic rings. The molecule has 0 unspecified atom stereocenters. The number of carboxylic acid groups (broad SMARTS) is 1. The number of carbonyl (C=O) groups excluding carboxylic acids is 1. The largest absolute Gasteiger partial charge is 0.481 e. The summed E-state index contributed by atoms with van der Waals surface area (Å²) in [4.78, 5) is 21.5. The zero-order valence-corrected chi connectivity index (χ0v) is 8.51. The second-order valence-electron chi connectivity index (χ2n) is 3.15. The van der Waals surface area contributed by atoms with Crippen molar-refractivity contribution >= 4 is 11.9 Å². The van der Waals surface area contributed by atoms with Crippen molar-refractivity contribution in [2.75, 3.05) is 7.11 Å². The summed E-state index contributed by atoms with van der Waals surface area (Å²) in [5, 5.41) is 12.5. The lowest BCUT2D eigenvalue weighted by Crippen LogP contribution is -2.10. The summed E-state index contributed by atoms with van der Waals surface area (Å²) in [6, 6.07) is -0.291. The number of ether oxygens (including phenoxy) is 1. The van der Waals surface area contributed by atoms with E-state index in [1.54, 1.807) is 6.92 Å². The Labute approximate surface area is 86.5 Å². The smallest absolute Gasteiger partial charge is 0.341 e. The molecule has 6 heteroatoms. The van der Waals surface area contributed by atoms with E-state index in [2.05, 4.69) is 9.84 Å². The Bertz CT molecular complexity index is 372. The maximum atomic E-state index is 11.1. The summed E-state index contributed by atoms with van der Waals surface area (Å²) < 4.78 is 5.93. The van der Waals surface area contributed by atoms with E-state index in [4.69, 9.17) is 5.11 Å². The molecule has 0 saturated heterocycles. The number of carbonyl (C=O) groups is 2. The normalized spacial score (nSPS) is 12.1. The van der Waals surface area contributed by atoms with Crippen LogP contribution in [0.5, 0.6) is 0 Å². The van der Waals surface area contributed by atoms with Crippen molar-refractivity contribution in [1.82, 2.24) is 9.78 Å². The maximum Gasteiger partial charge on any atom is 0.341 e. The average Bonchev–Trinajstić information content (AvgIpc) is 2.64.